The molecule has 1 aromatic rings. The molecule has 0 heterocycles. The van der Waals surface area contributed by atoms with Gasteiger partial charge in [0, 0.05) is 6.42 Å². The highest BCUT2D eigenvalue weighted by Crippen LogP contribution is 2.49. The SMILES string of the molecule is Cc1ccc(OCCNC(=O)C[C@H]2C[C@H]3CC[C@@H]2C3)c(C)c1. The molecule has 0 aliphatic heterocycles. The van der Waals surface area contributed by atoms with E-state index in [0.717, 1.165) is 23.1 Å². The fraction of sp³-hybridized carbons (Fsp3) is 0.632. The summed E-state index contributed by atoms with van der Waals surface area (Å²) in [6.07, 6.45) is 6.10. The molecule has 0 unspecified atom stereocenters. The summed E-state index contributed by atoms with van der Waals surface area (Å²) >= 11 is 0. The summed E-state index contributed by atoms with van der Waals surface area (Å²) < 4.78 is 5.75. The van der Waals surface area contributed by atoms with E-state index in [1.54, 1.807) is 0 Å². The maximum absolute atomic E-state index is 12.0. The molecule has 3 rings (SSSR count). The van der Waals surface area contributed by atoms with Gasteiger partial charge in [-0.2, -0.15) is 0 Å². The average Bonchev–Trinajstić information content (AvgIpc) is 3.08. The summed E-state index contributed by atoms with van der Waals surface area (Å²) in [4.78, 5) is 12.0. The second kappa shape index (κ2) is 6.72. The Balaban J connectivity index is 1.35. The Morgan fingerprint density at radius 2 is 2.14 bits per heavy atom. The Kier molecular flexibility index (Phi) is 4.70. The Morgan fingerprint density at radius 1 is 1.27 bits per heavy atom. The van der Waals surface area contributed by atoms with E-state index in [1.165, 1.54) is 31.2 Å². The van der Waals surface area contributed by atoms with Gasteiger partial charge in [-0.1, -0.05) is 24.1 Å². The molecular weight excluding hydrogens is 274 g/mol. The van der Waals surface area contributed by atoms with Crippen LogP contribution in [0.15, 0.2) is 18.2 Å². The molecule has 2 bridgehead atoms. The number of rotatable bonds is 6. The van der Waals surface area contributed by atoms with Crippen molar-refractivity contribution < 1.29 is 9.53 Å². The van der Waals surface area contributed by atoms with Gasteiger partial charge in [-0.15, -0.1) is 0 Å². The highest BCUT2D eigenvalue weighted by atomic mass is 16.5. The lowest BCUT2D eigenvalue weighted by atomic mass is 9.86. The molecule has 22 heavy (non-hydrogen) atoms. The van der Waals surface area contributed by atoms with Gasteiger partial charge in [-0.05, 0) is 62.5 Å². The molecule has 2 fully saturated rings. The van der Waals surface area contributed by atoms with Crippen molar-refractivity contribution in [3.63, 3.8) is 0 Å². The molecule has 120 valence electrons. The number of ether oxygens (including phenoxy) is 1. The maximum Gasteiger partial charge on any atom is 0.220 e. The minimum Gasteiger partial charge on any atom is -0.491 e. The average molecular weight is 301 g/mol. The lowest BCUT2D eigenvalue weighted by molar-refractivity contribution is -0.122. The van der Waals surface area contributed by atoms with E-state index < -0.39 is 0 Å². The van der Waals surface area contributed by atoms with Crippen molar-refractivity contribution in [2.45, 2.75) is 46.0 Å². The molecule has 3 heteroatoms. The summed E-state index contributed by atoms with van der Waals surface area (Å²) in [5.74, 6) is 3.48. The molecule has 2 aliphatic rings. The third kappa shape index (κ3) is 3.63. The number of aryl methyl sites for hydroxylation is 2. The second-order valence-corrected chi connectivity index (χ2v) is 7.11. The molecule has 3 atom stereocenters. The number of carbonyl (C=O) groups is 1. The van der Waals surface area contributed by atoms with Crippen LogP contribution in [0.25, 0.3) is 0 Å². The molecule has 2 saturated carbocycles. The van der Waals surface area contributed by atoms with Gasteiger partial charge in [-0.25, -0.2) is 0 Å². The van der Waals surface area contributed by atoms with Gasteiger partial charge in [0.1, 0.15) is 12.4 Å². The minimum atomic E-state index is 0.196. The van der Waals surface area contributed by atoms with Crippen molar-refractivity contribution in [1.29, 1.82) is 0 Å². The third-order valence-corrected chi connectivity index (χ3v) is 5.34. The number of benzene rings is 1. The maximum atomic E-state index is 12.0. The van der Waals surface area contributed by atoms with Crippen LogP contribution in [-0.2, 0) is 4.79 Å². The van der Waals surface area contributed by atoms with Crippen LogP contribution in [0.2, 0.25) is 0 Å². The fourth-order valence-electron chi connectivity index (χ4n) is 4.25. The van der Waals surface area contributed by atoms with Gasteiger partial charge in [0.25, 0.3) is 0 Å². The van der Waals surface area contributed by atoms with Crippen LogP contribution < -0.4 is 10.1 Å². The molecule has 3 nitrogen and oxygen atoms in total. The molecule has 0 radical (unpaired) electrons. The predicted molar refractivity (Wildman–Crippen MR) is 88.0 cm³/mol. The number of nitrogens with one attached hydrogen (secondary N) is 1. The first-order chi connectivity index (χ1) is 10.6. The molecular formula is C19H27NO2. The monoisotopic (exact) mass is 301 g/mol. The number of fused-ring (bicyclic) bond motifs is 2. The van der Waals surface area contributed by atoms with Crippen LogP contribution in [0.5, 0.6) is 5.75 Å². The van der Waals surface area contributed by atoms with Gasteiger partial charge in [0.2, 0.25) is 5.91 Å². The normalized spacial score (nSPS) is 26.2. The molecule has 2 aliphatic carbocycles. The molecule has 1 N–H and O–H groups in total. The van der Waals surface area contributed by atoms with Crippen molar-refractivity contribution >= 4 is 5.91 Å². The summed E-state index contributed by atoms with van der Waals surface area (Å²) in [7, 11) is 0. The third-order valence-electron chi connectivity index (χ3n) is 5.34. The molecule has 0 aromatic heterocycles. The zero-order valence-corrected chi connectivity index (χ0v) is 13.7. The quantitative estimate of drug-likeness (QED) is 0.815. The Hall–Kier alpha value is -1.51. The van der Waals surface area contributed by atoms with Crippen molar-refractivity contribution in [2.75, 3.05) is 13.2 Å². The zero-order valence-electron chi connectivity index (χ0n) is 13.7. The number of amides is 1. The highest BCUT2D eigenvalue weighted by molar-refractivity contribution is 5.76. The lowest BCUT2D eigenvalue weighted by Gasteiger charge is -2.20. The van der Waals surface area contributed by atoms with Gasteiger partial charge >= 0.3 is 0 Å². The topological polar surface area (TPSA) is 38.3 Å². The van der Waals surface area contributed by atoms with Gasteiger partial charge < -0.3 is 10.1 Å². The Bertz CT molecular complexity index is 540. The number of hydrogen-bond donors (Lipinski definition) is 1. The highest BCUT2D eigenvalue weighted by Gasteiger charge is 2.39. The van der Waals surface area contributed by atoms with Crippen molar-refractivity contribution in [3.05, 3.63) is 29.3 Å². The van der Waals surface area contributed by atoms with E-state index in [2.05, 4.69) is 31.3 Å². The van der Waals surface area contributed by atoms with Gasteiger partial charge in [0.15, 0.2) is 0 Å². The first-order valence-electron chi connectivity index (χ1n) is 8.58. The van der Waals surface area contributed by atoms with Crippen LogP contribution in [0.4, 0.5) is 0 Å². The van der Waals surface area contributed by atoms with Crippen LogP contribution in [-0.4, -0.2) is 19.1 Å². The van der Waals surface area contributed by atoms with Gasteiger partial charge in [-0.3, -0.25) is 4.79 Å². The predicted octanol–water partition coefficient (Wildman–Crippen LogP) is 3.62. The van der Waals surface area contributed by atoms with Crippen LogP contribution in [0.1, 0.15) is 43.2 Å². The summed E-state index contributed by atoms with van der Waals surface area (Å²) in [5.41, 5.74) is 2.39. The van der Waals surface area contributed by atoms with Crippen LogP contribution in [0.3, 0.4) is 0 Å². The molecule has 0 saturated heterocycles. The van der Waals surface area contributed by atoms with Crippen molar-refractivity contribution in [2.24, 2.45) is 17.8 Å². The van der Waals surface area contributed by atoms with Gasteiger partial charge in [0.05, 0.1) is 6.54 Å². The standard InChI is InChI=1S/C19H27NO2/c1-13-3-6-18(14(2)9-13)22-8-7-20-19(21)12-17-11-15-4-5-16(17)10-15/h3,6,9,15-17H,4-5,7-8,10-12H2,1-2H3,(H,20,21)/t15-,16+,17+/m0/s1. The second-order valence-electron chi connectivity index (χ2n) is 7.11. The largest absolute Gasteiger partial charge is 0.491 e. The summed E-state index contributed by atoms with van der Waals surface area (Å²) in [5, 5.41) is 3.01. The molecule has 0 spiro atoms. The summed E-state index contributed by atoms with van der Waals surface area (Å²) in [6.45, 7) is 5.25. The van der Waals surface area contributed by atoms with Crippen LogP contribution >= 0.6 is 0 Å². The summed E-state index contributed by atoms with van der Waals surface area (Å²) in [6, 6.07) is 6.17. The van der Waals surface area contributed by atoms with Crippen molar-refractivity contribution in [1.82, 2.24) is 5.32 Å². The van der Waals surface area contributed by atoms with E-state index >= 15 is 0 Å². The van der Waals surface area contributed by atoms with E-state index in [-0.39, 0.29) is 5.91 Å². The number of hydrogen-bond acceptors (Lipinski definition) is 2. The van der Waals surface area contributed by atoms with E-state index in [0.29, 0.717) is 25.5 Å². The Labute approximate surface area is 133 Å². The van der Waals surface area contributed by atoms with Crippen molar-refractivity contribution in [3.8, 4) is 5.75 Å². The number of carbonyl (C=O) groups excluding carboxylic acids is 1. The van der Waals surface area contributed by atoms with E-state index in [1.807, 2.05) is 6.07 Å². The zero-order chi connectivity index (χ0) is 15.5. The Morgan fingerprint density at radius 3 is 2.82 bits per heavy atom. The molecule has 1 amide bonds. The van der Waals surface area contributed by atoms with E-state index in [4.69, 9.17) is 4.74 Å². The first kappa shape index (κ1) is 15.4. The lowest BCUT2D eigenvalue weighted by Crippen LogP contribution is -2.30. The molecule has 1 aromatic carbocycles. The first-order valence-corrected chi connectivity index (χ1v) is 8.58. The minimum absolute atomic E-state index is 0.196. The smallest absolute Gasteiger partial charge is 0.220 e. The van der Waals surface area contributed by atoms with Crippen LogP contribution in [0, 0.1) is 31.6 Å². The fourth-order valence-corrected chi connectivity index (χ4v) is 4.25. The van der Waals surface area contributed by atoms with E-state index in [9.17, 15) is 4.79 Å².